The number of hydrogen-bond donors (Lipinski definition) is 0. The van der Waals surface area contributed by atoms with Gasteiger partial charge in [0.15, 0.2) is 0 Å². The topological polar surface area (TPSA) is 0 Å². The summed E-state index contributed by atoms with van der Waals surface area (Å²) in [4.78, 5) is 0. The SMILES string of the molecule is Cl.Cl.[C-]1=CC=CC1.[C-]1=CC=CC1.[CH2-]C.[SiH2]=[Ti][Cl]. The number of halogens is 3. The van der Waals surface area contributed by atoms with Gasteiger partial charge in [0.2, 0.25) is 0 Å². The second kappa shape index (κ2) is 30.1. The minimum atomic E-state index is 0. The van der Waals surface area contributed by atoms with Crippen LogP contribution in [0.25, 0.3) is 0 Å². The van der Waals surface area contributed by atoms with Crippen LogP contribution in [0.15, 0.2) is 36.5 Å². The Balaban J connectivity index is -0.0000000678. The summed E-state index contributed by atoms with van der Waals surface area (Å²) in [6.45, 7) is 5.00. The van der Waals surface area contributed by atoms with Crippen molar-refractivity contribution in [3.63, 3.8) is 0 Å². The third kappa shape index (κ3) is 31.5. The maximum atomic E-state index is 5.14. The molecule has 0 bridgehead atoms. The average Bonchev–Trinajstić information content (AvgIpc) is 3.01. The summed E-state index contributed by atoms with van der Waals surface area (Å²) in [5.74, 6) is 0. The molecule has 0 saturated heterocycles. The van der Waals surface area contributed by atoms with E-state index in [0.29, 0.717) is 0 Å². The van der Waals surface area contributed by atoms with Crippen LogP contribution in [0.3, 0.4) is 0 Å². The molecule has 0 heterocycles. The Morgan fingerprint density at radius 1 is 1.06 bits per heavy atom. The monoisotopic (exact) mass is 344 g/mol. The van der Waals surface area contributed by atoms with Gasteiger partial charge in [-0.3, -0.25) is 12.2 Å². The Hall–Kier alpha value is 0.761. The second-order valence-corrected chi connectivity index (χ2v) is 6.96. The van der Waals surface area contributed by atoms with Crippen LogP contribution in [0.1, 0.15) is 19.8 Å². The van der Waals surface area contributed by atoms with Gasteiger partial charge in [0.05, 0.1) is 0 Å². The molecule has 2 rings (SSSR count). The van der Waals surface area contributed by atoms with E-state index in [-0.39, 0.29) is 41.6 Å². The van der Waals surface area contributed by atoms with Crippen molar-refractivity contribution < 1.29 is 16.8 Å². The third-order valence-electron chi connectivity index (χ3n) is 1.17. The van der Waals surface area contributed by atoms with E-state index in [2.05, 4.69) is 31.2 Å². The summed E-state index contributed by atoms with van der Waals surface area (Å²) in [6.07, 6.45) is 20.0. The Kier molecular flexibility index (Phi) is 46.7. The van der Waals surface area contributed by atoms with Gasteiger partial charge in [0.1, 0.15) is 0 Å². The molecule has 0 fully saturated rings. The Morgan fingerprint density at radius 2 is 1.35 bits per heavy atom. The van der Waals surface area contributed by atoms with E-state index in [4.69, 9.17) is 9.30 Å². The van der Waals surface area contributed by atoms with Crippen LogP contribution in [0, 0.1) is 19.1 Å². The van der Waals surface area contributed by atoms with E-state index >= 15 is 0 Å². The zero-order chi connectivity index (χ0) is 11.8. The van der Waals surface area contributed by atoms with Crippen molar-refractivity contribution in [3.05, 3.63) is 55.5 Å². The van der Waals surface area contributed by atoms with Crippen LogP contribution in [0.4, 0.5) is 0 Å². The quantitative estimate of drug-likeness (QED) is 0.459. The molecule has 5 heteroatoms. The van der Waals surface area contributed by atoms with Crippen LogP contribution in [-0.4, -0.2) is 7.63 Å². The standard InChI is InChI=1S/2C5H5.C2H5.3ClH.H2Si.Ti/c2*1-2-4-5-3-1;1-2;;;;;/h2*1-3H,4H2;1H2,2H3;3*1H;1H2;/q3*-1;;;;;+1/p-1. The van der Waals surface area contributed by atoms with E-state index in [1.165, 1.54) is 0 Å². The molecule has 0 N–H and O–H groups in total. The van der Waals surface area contributed by atoms with Crippen molar-refractivity contribution in [1.82, 2.24) is 0 Å². The van der Waals surface area contributed by atoms with Gasteiger partial charge in [-0.05, 0) is 0 Å². The van der Waals surface area contributed by atoms with Crippen molar-refractivity contribution >= 4 is 41.8 Å². The minimum absolute atomic E-state index is 0. The van der Waals surface area contributed by atoms with Crippen LogP contribution in [-0.2, 0) is 16.8 Å². The fraction of sp³-hybridized carbons (Fsp3) is 0.250. The Morgan fingerprint density at radius 3 is 1.41 bits per heavy atom. The van der Waals surface area contributed by atoms with E-state index in [1.807, 2.05) is 31.9 Å². The molecule has 17 heavy (non-hydrogen) atoms. The van der Waals surface area contributed by atoms with Crippen LogP contribution in [0.5, 0.6) is 0 Å². The maximum absolute atomic E-state index is 5.14. The molecule has 0 amide bonds. The molecule has 0 aromatic rings. The molecule has 0 spiro atoms. The molecule has 0 nitrogen and oxygen atoms in total. The Bertz CT molecular complexity index is 194. The van der Waals surface area contributed by atoms with Crippen LogP contribution < -0.4 is 0 Å². The summed E-state index contributed by atoms with van der Waals surface area (Å²) in [6, 6.07) is 0. The molecule has 0 saturated carbocycles. The molecule has 99 valence electrons. The molecule has 0 unspecified atom stereocenters. The molecule has 2 aliphatic carbocycles. The molecule has 2 aliphatic rings. The predicted octanol–water partition coefficient (Wildman–Crippen LogP) is 4.07. The van der Waals surface area contributed by atoms with Gasteiger partial charge in [-0.2, -0.15) is 19.1 Å². The van der Waals surface area contributed by atoms with E-state index in [1.54, 1.807) is 6.92 Å². The first kappa shape index (κ1) is 26.3. The molecular formula is C12H19Cl3SiTi-3. The normalized spacial score (nSPS) is 11.2. The van der Waals surface area contributed by atoms with Crippen molar-refractivity contribution in [1.29, 1.82) is 0 Å². The summed E-state index contributed by atoms with van der Waals surface area (Å²) < 4.78 is 0. The van der Waals surface area contributed by atoms with Crippen molar-refractivity contribution in [2.24, 2.45) is 0 Å². The van der Waals surface area contributed by atoms with Crippen LogP contribution >= 0.6 is 34.1 Å². The van der Waals surface area contributed by atoms with Gasteiger partial charge in [0.25, 0.3) is 0 Å². The molecule has 0 aromatic carbocycles. The molecule has 0 radical (unpaired) electrons. The van der Waals surface area contributed by atoms with Gasteiger partial charge < -0.3 is 6.92 Å². The average molecular weight is 346 g/mol. The summed E-state index contributed by atoms with van der Waals surface area (Å²) in [5, 5.41) is 0. The molecule has 0 aromatic heterocycles. The fourth-order valence-corrected chi connectivity index (χ4v) is 0.680. The van der Waals surface area contributed by atoms with Crippen LogP contribution in [0.2, 0.25) is 0 Å². The zero-order valence-electron chi connectivity index (χ0n) is 9.99. The first-order chi connectivity index (χ1) is 7.41. The summed E-state index contributed by atoms with van der Waals surface area (Å²) >= 11 is 0.000000000000000111. The van der Waals surface area contributed by atoms with Gasteiger partial charge >= 0.3 is 33.8 Å². The third-order valence-corrected chi connectivity index (χ3v) is 1.17. The van der Waals surface area contributed by atoms with Crippen molar-refractivity contribution in [2.75, 3.05) is 0 Å². The van der Waals surface area contributed by atoms with Gasteiger partial charge in [-0.1, -0.05) is 0 Å². The van der Waals surface area contributed by atoms with Crippen molar-refractivity contribution in [3.8, 4) is 0 Å². The predicted molar refractivity (Wildman–Crippen MR) is 83.1 cm³/mol. The number of rotatable bonds is 0. The van der Waals surface area contributed by atoms with E-state index < -0.39 is 0 Å². The second-order valence-electron chi connectivity index (χ2n) is 2.14. The summed E-state index contributed by atoms with van der Waals surface area (Å²) in [5.41, 5.74) is 0. The first-order valence-corrected chi connectivity index (χ1v) is 10.9. The Labute approximate surface area is 133 Å². The molecule has 0 aliphatic heterocycles. The van der Waals surface area contributed by atoms with Gasteiger partial charge in [-0.15, -0.1) is 37.7 Å². The van der Waals surface area contributed by atoms with Gasteiger partial charge in [-0.25, -0.2) is 24.3 Å². The number of allylic oxidation sites excluding steroid dienone is 8. The zero-order valence-corrected chi connectivity index (χ0v) is 15.4. The molecule has 0 atom stereocenters. The number of hydrogen-bond acceptors (Lipinski definition) is 0. The first-order valence-electron chi connectivity index (χ1n) is 4.68. The molecular weight excluding hydrogens is 326 g/mol. The van der Waals surface area contributed by atoms with Crippen molar-refractivity contribution in [2.45, 2.75) is 19.8 Å². The van der Waals surface area contributed by atoms with E-state index in [0.717, 1.165) is 12.8 Å². The van der Waals surface area contributed by atoms with Gasteiger partial charge in [0, 0.05) is 0 Å². The fourth-order valence-electron chi connectivity index (χ4n) is 0.680. The summed E-state index contributed by atoms with van der Waals surface area (Å²) in [7, 11) is 7.00. The van der Waals surface area contributed by atoms with E-state index in [9.17, 15) is 0 Å².